The second-order valence-corrected chi connectivity index (χ2v) is 8.90. The van der Waals surface area contributed by atoms with E-state index in [1.807, 2.05) is 0 Å². The number of aliphatic carboxylic acids is 1. The van der Waals surface area contributed by atoms with E-state index in [1.54, 1.807) is 12.1 Å². The van der Waals surface area contributed by atoms with Crippen LogP contribution in [-0.4, -0.2) is 80.5 Å². The summed E-state index contributed by atoms with van der Waals surface area (Å²) >= 11 is 0. The highest BCUT2D eigenvalue weighted by Crippen LogP contribution is 2.12. The molecular weight excluding hydrogens is 510 g/mol. The van der Waals surface area contributed by atoms with Gasteiger partial charge in [-0.15, -0.1) is 0 Å². The number of H-pyrrole nitrogens is 1. The van der Waals surface area contributed by atoms with Crippen LogP contribution in [0.25, 0.3) is 0 Å². The fourth-order valence-corrected chi connectivity index (χ4v) is 3.50. The molecule has 0 fully saturated rings. The SMILES string of the molecule is CC(NC(=O)C(Cc1ccc(O)cc1)NC(=O)C(N)CCCN=C(N)N)C(=O)NC(Cc1cnc[nH]1)C(=O)O. The number of carboxylic acid groups (broad SMARTS) is 1. The first kappa shape index (κ1) is 30.6. The second kappa shape index (κ2) is 14.9. The number of carboxylic acids is 1. The number of carbonyl (C=O) groups is 4. The quantitative estimate of drug-likeness (QED) is 0.0664. The van der Waals surface area contributed by atoms with E-state index in [4.69, 9.17) is 17.2 Å². The number of aromatic nitrogens is 2. The molecule has 3 amide bonds. The van der Waals surface area contributed by atoms with E-state index < -0.39 is 47.9 Å². The molecule has 15 heteroatoms. The lowest BCUT2D eigenvalue weighted by atomic mass is 10.0. The molecule has 39 heavy (non-hydrogen) atoms. The number of carbonyl (C=O) groups excluding carboxylic acids is 3. The third-order valence-electron chi connectivity index (χ3n) is 5.66. The highest BCUT2D eigenvalue weighted by Gasteiger charge is 2.29. The van der Waals surface area contributed by atoms with E-state index in [0.717, 1.165) is 0 Å². The van der Waals surface area contributed by atoms with E-state index in [1.165, 1.54) is 31.6 Å². The summed E-state index contributed by atoms with van der Waals surface area (Å²) in [6.07, 6.45) is 3.50. The van der Waals surface area contributed by atoms with Gasteiger partial charge in [-0.05, 0) is 37.5 Å². The number of rotatable bonds is 15. The highest BCUT2D eigenvalue weighted by atomic mass is 16.4. The van der Waals surface area contributed by atoms with Crippen LogP contribution in [0, 0.1) is 0 Å². The topological polar surface area (TPSA) is 264 Å². The molecule has 1 heterocycles. The van der Waals surface area contributed by atoms with Crippen LogP contribution in [-0.2, 0) is 32.0 Å². The van der Waals surface area contributed by atoms with Crippen LogP contribution in [0.4, 0.5) is 0 Å². The summed E-state index contributed by atoms with van der Waals surface area (Å²) in [5.74, 6) is -3.33. The molecule has 0 aliphatic carbocycles. The molecule has 212 valence electrons. The summed E-state index contributed by atoms with van der Waals surface area (Å²) < 4.78 is 0. The Balaban J connectivity index is 2.05. The standard InChI is InChI=1S/C24H35N9O6/c1-13(20(35)33-19(23(38)39)10-15-11-28-12-30-15)31-22(37)18(9-14-4-6-16(34)7-5-14)32-21(36)17(25)3-2-8-29-24(26)27/h4-7,11-13,17-19,34H,2-3,8-10,25H2,1H3,(H,28,30)(H,31,37)(H,32,36)(H,33,35)(H,38,39)(H4,26,27,29). The van der Waals surface area contributed by atoms with Crippen molar-refractivity contribution in [1.29, 1.82) is 0 Å². The minimum Gasteiger partial charge on any atom is -0.508 e. The van der Waals surface area contributed by atoms with Crippen LogP contribution < -0.4 is 33.2 Å². The van der Waals surface area contributed by atoms with Gasteiger partial charge in [0.25, 0.3) is 0 Å². The molecule has 1 aromatic heterocycles. The van der Waals surface area contributed by atoms with E-state index in [-0.39, 0.29) is 37.5 Å². The Bertz CT molecular complexity index is 1130. The molecule has 0 radical (unpaired) electrons. The van der Waals surface area contributed by atoms with E-state index >= 15 is 0 Å². The van der Waals surface area contributed by atoms with Crippen molar-refractivity contribution in [2.75, 3.05) is 6.54 Å². The van der Waals surface area contributed by atoms with Crippen LogP contribution in [0.1, 0.15) is 31.0 Å². The smallest absolute Gasteiger partial charge is 0.326 e. The van der Waals surface area contributed by atoms with Gasteiger partial charge in [-0.25, -0.2) is 9.78 Å². The number of aromatic hydroxyl groups is 1. The van der Waals surface area contributed by atoms with Crippen LogP contribution in [0.5, 0.6) is 5.75 Å². The second-order valence-electron chi connectivity index (χ2n) is 8.90. The van der Waals surface area contributed by atoms with Crippen molar-refractivity contribution in [2.45, 2.75) is 56.8 Å². The Morgan fingerprint density at radius 1 is 1.00 bits per heavy atom. The summed E-state index contributed by atoms with van der Waals surface area (Å²) in [7, 11) is 0. The maximum absolute atomic E-state index is 13.1. The third kappa shape index (κ3) is 10.7. The maximum atomic E-state index is 13.1. The fraction of sp³-hybridized carbons (Fsp3) is 0.417. The number of aliphatic imine (C=N–C) groups is 1. The van der Waals surface area contributed by atoms with Crippen molar-refractivity contribution in [1.82, 2.24) is 25.9 Å². The van der Waals surface area contributed by atoms with Crippen molar-refractivity contribution in [3.8, 4) is 5.75 Å². The van der Waals surface area contributed by atoms with E-state index in [2.05, 4.69) is 30.9 Å². The van der Waals surface area contributed by atoms with Gasteiger partial charge in [0.2, 0.25) is 17.7 Å². The van der Waals surface area contributed by atoms with Crippen molar-refractivity contribution in [2.24, 2.45) is 22.2 Å². The fourth-order valence-electron chi connectivity index (χ4n) is 3.50. The molecule has 2 rings (SSSR count). The van der Waals surface area contributed by atoms with Gasteiger partial charge < -0.3 is 48.3 Å². The van der Waals surface area contributed by atoms with Crippen molar-refractivity contribution >= 4 is 29.7 Å². The van der Waals surface area contributed by atoms with Crippen molar-refractivity contribution < 1.29 is 29.4 Å². The Morgan fingerprint density at radius 2 is 1.67 bits per heavy atom. The van der Waals surface area contributed by atoms with Gasteiger partial charge in [-0.3, -0.25) is 19.4 Å². The summed E-state index contributed by atoms with van der Waals surface area (Å²) in [6.45, 7) is 1.67. The minimum atomic E-state index is -1.26. The number of imidazole rings is 1. The van der Waals surface area contributed by atoms with Gasteiger partial charge in [-0.2, -0.15) is 0 Å². The molecule has 15 nitrogen and oxygen atoms in total. The molecule has 0 saturated heterocycles. The number of nitrogens with one attached hydrogen (secondary N) is 4. The largest absolute Gasteiger partial charge is 0.508 e. The summed E-state index contributed by atoms with van der Waals surface area (Å²) in [5.41, 5.74) is 17.7. The first-order chi connectivity index (χ1) is 18.5. The number of nitrogens with two attached hydrogens (primary N) is 3. The maximum Gasteiger partial charge on any atom is 0.326 e. The zero-order chi connectivity index (χ0) is 28.9. The average Bonchev–Trinajstić information content (AvgIpc) is 3.39. The first-order valence-corrected chi connectivity index (χ1v) is 12.2. The normalized spacial score (nSPS) is 13.8. The van der Waals surface area contributed by atoms with Crippen LogP contribution >= 0.6 is 0 Å². The number of amides is 3. The predicted octanol–water partition coefficient (Wildman–Crippen LogP) is -2.16. The molecule has 2 aromatic rings. The molecule has 0 spiro atoms. The van der Waals surface area contributed by atoms with Crippen molar-refractivity contribution in [3.05, 3.63) is 48.0 Å². The number of hydrogen-bond donors (Lipinski definition) is 9. The first-order valence-electron chi connectivity index (χ1n) is 12.2. The van der Waals surface area contributed by atoms with E-state index in [0.29, 0.717) is 17.7 Å². The van der Waals surface area contributed by atoms with Gasteiger partial charge in [0.1, 0.15) is 23.9 Å². The molecule has 4 atom stereocenters. The molecule has 0 aliphatic rings. The lowest BCUT2D eigenvalue weighted by molar-refractivity contribution is -0.142. The number of guanidine groups is 1. The molecule has 4 unspecified atom stereocenters. The van der Waals surface area contributed by atoms with Crippen molar-refractivity contribution in [3.63, 3.8) is 0 Å². The Labute approximate surface area is 224 Å². The minimum absolute atomic E-state index is 0.0278. The molecule has 0 bridgehead atoms. The lowest BCUT2D eigenvalue weighted by Crippen LogP contribution is -2.57. The van der Waals surface area contributed by atoms with Crippen LogP contribution in [0.15, 0.2) is 41.8 Å². The Morgan fingerprint density at radius 3 is 2.26 bits per heavy atom. The molecule has 0 saturated carbocycles. The number of benzene rings is 1. The number of aromatic amines is 1. The van der Waals surface area contributed by atoms with Gasteiger partial charge in [0, 0.05) is 31.3 Å². The van der Waals surface area contributed by atoms with Gasteiger partial charge in [-0.1, -0.05) is 12.1 Å². The Hall–Kier alpha value is -4.66. The highest BCUT2D eigenvalue weighted by molar-refractivity contribution is 5.94. The third-order valence-corrected chi connectivity index (χ3v) is 5.66. The Kier molecular flexibility index (Phi) is 11.7. The monoisotopic (exact) mass is 545 g/mol. The summed E-state index contributed by atoms with van der Waals surface area (Å²) in [5, 5.41) is 26.5. The molecule has 1 aromatic carbocycles. The van der Waals surface area contributed by atoms with Gasteiger partial charge in [0.05, 0.1) is 12.4 Å². The molecule has 12 N–H and O–H groups in total. The van der Waals surface area contributed by atoms with Crippen LogP contribution in [0.3, 0.4) is 0 Å². The predicted molar refractivity (Wildman–Crippen MR) is 141 cm³/mol. The average molecular weight is 546 g/mol. The zero-order valence-electron chi connectivity index (χ0n) is 21.5. The molecule has 0 aliphatic heterocycles. The molecular formula is C24H35N9O6. The zero-order valence-corrected chi connectivity index (χ0v) is 21.5. The summed E-state index contributed by atoms with van der Waals surface area (Å²) in [6, 6.07) is 1.57. The van der Waals surface area contributed by atoms with Gasteiger partial charge >= 0.3 is 5.97 Å². The van der Waals surface area contributed by atoms with E-state index in [9.17, 15) is 29.4 Å². The number of hydrogen-bond acceptors (Lipinski definition) is 8. The number of nitrogens with zero attached hydrogens (tertiary/aromatic N) is 2. The number of phenols is 1. The lowest BCUT2D eigenvalue weighted by Gasteiger charge is -2.23. The number of phenolic OH excluding ortho intramolecular Hbond substituents is 1. The summed E-state index contributed by atoms with van der Waals surface area (Å²) in [4.78, 5) is 60.6. The van der Waals surface area contributed by atoms with Gasteiger partial charge in [0.15, 0.2) is 5.96 Å². The van der Waals surface area contributed by atoms with Crippen LogP contribution in [0.2, 0.25) is 0 Å².